The van der Waals surface area contributed by atoms with E-state index in [1.807, 2.05) is 24.3 Å². The van der Waals surface area contributed by atoms with Crippen molar-refractivity contribution in [2.45, 2.75) is 6.04 Å². The maximum absolute atomic E-state index is 12.4. The van der Waals surface area contributed by atoms with Crippen LogP contribution in [0.2, 0.25) is 0 Å². The van der Waals surface area contributed by atoms with Gasteiger partial charge < -0.3 is 20.3 Å². The van der Waals surface area contributed by atoms with Gasteiger partial charge in [-0.15, -0.1) is 0 Å². The van der Waals surface area contributed by atoms with Gasteiger partial charge in [-0.25, -0.2) is 0 Å². The van der Waals surface area contributed by atoms with Gasteiger partial charge in [0.1, 0.15) is 5.75 Å². The minimum atomic E-state index is -0.372. The van der Waals surface area contributed by atoms with Gasteiger partial charge in [0.15, 0.2) is 6.61 Å². The third-order valence-corrected chi connectivity index (χ3v) is 4.16. The van der Waals surface area contributed by atoms with E-state index in [0.717, 1.165) is 11.3 Å². The number of amides is 2. The quantitative estimate of drug-likeness (QED) is 0.700. The zero-order valence-corrected chi connectivity index (χ0v) is 11.4. The van der Waals surface area contributed by atoms with Crippen molar-refractivity contribution < 1.29 is 14.3 Å². The summed E-state index contributed by atoms with van der Waals surface area (Å²) in [5, 5.41) is 6.10. The van der Waals surface area contributed by atoms with E-state index in [-0.39, 0.29) is 24.5 Å². The van der Waals surface area contributed by atoms with Gasteiger partial charge in [0.25, 0.3) is 11.8 Å². The molecule has 3 aliphatic heterocycles. The molecule has 2 N–H and O–H groups in total. The van der Waals surface area contributed by atoms with Crippen molar-refractivity contribution in [2.75, 3.05) is 26.2 Å². The predicted octanol–water partition coefficient (Wildman–Crippen LogP) is -0.0642. The van der Waals surface area contributed by atoms with Crippen LogP contribution in [0.25, 0.3) is 0 Å². The number of hydrogen-bond donors (Lipinski definition) is 2. The average Bonchev–Trinajstić information content (AvgIpc) is 2.70. The van der Waals surface area contributed by atoms with Crippen LogP contribution in [0.1, 0.15) is 11.6 Å². The van der Waals surface area contributed by atoms with Crippen LogP contribution >= 0.6 is 0 Å². The summed E-state index contributed by atoms with van der Waals surface area (Å²) in [6, 6.07) is 7.17. The van der Waals surface area contributed by atoms with Crippen LogP contribution in [-0.4, -0.2) is 43.0 Å². The molecule has 3 aliphatic rings. The van der Waals surface area contributed by atoms with E-state index in [0.29, 0.717) is 31.0 Å². The predicted molar refractivity (Wildman–Crippen MR) is 74.4 cm³/mol. The summed E-state index contributed by atoms with van der Waals surface area (Å²) in [5.41, 5.74) is 2.40. The second kappa shape index (κ2) is 4.51. The molecule has 21 heavy (non-hydrogen) atoms. The molecular weight excluding hydrogens is 270 g/mol. The van der Waals surface area contributed by atoms with E-state index in [4.69, 9.17) is 4.74 Å². The number of rotatable bonds is 0. The first-order valence-electron chi connectivity index (χ1n) is 7.02. The number of ether oxygens (including phenoxy) is 1. The van der Waals surface area contributed by atoms with Crippen LogP contribution in [0.15, 0.2) is 35.5 Å². The summed E-state index contributed by atoms with van der Waals surface area (Å²) in [5.74, 6) is 0.470. The number of hydrogen-bond acceptors (Lipinski definition) is 4. The summed E-state index contributed by atoms with van der Waals surface area (Å²) in [6.07, 6.45) is 0. The van der Waals surface area contributed by atoms with Gasteiger partial charge >= 0.3 is 0 Å². The third kappa shape index (κ3) is 1.79. The monoisotopic (exact) mass is 285 g/mol. The Morgan fingerprint density at radius 3 is 2.95 bits per heavy atom. The SMILES string of the molecule is O=C1NCC2=C1C1c3ccccc3OCC(=O)N1CCN2. The molecule has 1 aromatic carbocycles. The Hall–Kier alpha value is -2.50. The summed E-state index contributed by atoms with van der Waals surface area (Å²) in [6.45, 7) is 1.70. The normalized spacial score (nSPS) is 24.0. The first kappa shape index (κ1) is 12.3. The van der Waals surface area contributed by atoms with Crippen molar-refractivity contribution in [3.8, 4) is 5.75 Å². The highest BCUT2D eigenvalue weighted by atomic mass is 16.5. The van der Waals surface area contributed by atoms with Crippen LogP contribution in [0.3, 0.4) is 0 Å². The van der Waals surface area contributed by atoms with Crippen molar-refractivity contribution >= 4 is 11.8 Å². The van der Waals surface area contributed by atoms with E-state index in [1.54, 1.807) is 4.90 Å². The van der Waals surface area contributed by atoms with Gasteiger partial charge in [0.05, 0.1) is 18.2 Å². The molecule has 3 heterocycles. The molecule has 1 unspecified atom stereocenters. The molecule has 0 saturated heterocycles. The molecule has 0 radical (unpaired) electrons. The van der Waals surface area contributed by atoms with Crippen molar-refractivity contribution in [1.82, 2.24) is 15.5 Å². The van der Waals surface area contributed by atoms with Gasteiger partial charge in [0.2, 0.25) is 0 Å². The van der Waals surface area contributed by atoms with Crippen LogP contribution in [0, 0.1) is 0 Å². The molecule has 6 heteroatoms. The van der Waals surface area contributed by atoms with Crippen molar-refractivity contribution in [3.05, 3.63) is 41.1 Å². The molecule has 0 saturated carbocycles. The summed E-state index contributed by atoms with van der Waals surface area (Å²) in [4.78, 5) is 26.4. The molecule has 2 amide bonds. The first-order valence-corrected chi connectivity index (χ1v) is 7.02. The van der Waals surface area contributed by atoms with Crippen LogP contribution < -0.4 is 15.4 Å². The molecule has 0 bridgehead atoms. The second-order valence-electron chi connectivity index (χ2n) is 5.32. The van der Waals surface area contributed by atoms with E-state index >= 15 is 0 Å². The lowest BCUT2D eigenvalue weighted by molar-refractivity contribution is -0.134. The van der Waals surface area contributed by atoms with Crippen LogP contribution in [-0.2, 0) is 9.59 Å². The molecule has 0 fully saturated rings. The van der Waals surface area contributed by atoms with Crippen LogP contribution in [0.5, 0.6) is 5.75 Å². The van der Waals surface area contributed by atoms with E-state index in [1.165, 1.54) is 0 Å². The zero-order valence-electron chi connectivity index (χ0n) is 11.4. The number of carbonyl (C=O) groups is 2. The molecule has 0 aliphatic carbocycles. The maximum Gasteiger partial charge on any atom is 0.261 e. The van der Waals surface area contributed by atoms with Gasteiger partial charge in [-0.1, -0.05) is 18.2 Å². The van der Waals surface area contributed by atoms with E-state index < -0.39 is 0 Å². The number of nitrogens with one attached hydrogen (secondary N) is 2. The minimum Gasteiger partial charge on any atom is -0.483 e. The summed E-state index contributed by atoms with van der Waals surface area (Å²) in [7, 11) is 0. The Kier molecular flexibility index (Phi) is 2.63. The molecule has 0 aromatic heterocycles. The molecular formula is C15H15N3O3. The van der Waals surface area contributed by atoms with Crippen molar-refractivity contribution in [2.24, 2.45) is 0 Å². The fourth-order valence-electron chi connectivity index (χ4n) is 3.21. The lowest BCUT2D eigenvalue weighted by atomic mass is 9.95. The van der Waals surface area contributed by atoms with Crippen LogP contribution in [0.4, 0.5) is 0 Å². The Balaban J connectivity index is 1.93. The van der Waals surface area contributed by atoms with E-state index in [9.17, 15) is 9.59 Å². The minimum absolute atomic E-state index is 0.0117. The third-order valence-electron chi connectivity index (χ3n) is 4.16. The average molecular weight is 285 g/mol. The molecule has 0 spiro atoms. The second-order valence-corrected chi connectivity index (χ2v) is 5.32. The highest BCUT2D eigenvalue weighted by Gasteiger charge is 2.41. The fraction of sp³-hybridized carbons (Fsp3) is 0.333. The Morgan fingerprint density at radius 2 is 2.05 bits per heavy atom. The summed E-state index contributed by atoms with van der Waals surface area (Å²) >= 11 is 0. The molecule has 6 nitrogen and oxygen atoms in total. The molecule has 1 atom stereocenters. The first-order chi connectivity index (χ1) is 10.3. The molecule has 1 aromatic rings. The Labute approximate surface area is 121 Å². The number of carbonyl (C=O) groups excluding carboxylic acids is 2. The number of fused-ring (bicyclic) bond motifs is 4. The lowest BCUT2D eigenvalue weighted by Crippen LogP contribution is -2.40. The van der Waals surface area contributed by atoms with Crippen molar-refractivity contribution in [1.29, 1.82) is 0 Å². The fourth-order valence-corrected chi connectivity index (χ4v) is 3.21. The van der Waals surface area contributed by atoms with Gasteiger partial charge in [-0.05, 0) is 6.07 Å². The molecule has 108 valence electrons. The van der Waals surface area contributed by atoms with Crippen molar-refractivity contribution in [3.63, 3.8) is 0 Å². The Morgan fingerprint density at radius 1 is 1.19 bits per heavy atom. The molecule has 4 rings (SSSR count). The number of para-hydroxylation sites is 1. The van der Waals surface area contributed by atoms with E-state index in [2.05, 4.69) is 10.6 Å². The summed E-state index contributed by atoms with van der Waals surface area (Å²) < 4.78 is 5.61. The standard InChI is InChI=1S/C15H15N3O3/c19-12-8-21-11-4-2-1-3-9(11)14-13-10(7-17-15(13)20)16-5-6-18(12)14/h1-4,14,16H,5-8H2,(H,17,20). The maximum atomic E-state index is 12.4. The number of nitrogens with zero attached hydrogens (tertiary/aromatic N) is 1. The Bertz CT molecular complexity index is 668. The van der Waals surface area contributed by atoms with Gasteiger partial charge in [0, 0.05) is 24.4 Å². The highest BCUT2D eigenvalue weighted by Crippen LogP contribution is 2.39. The zero-order chi connectivity index (χ0) is 14.4. The topological polar surface area (TPSA) is 70.7 Å². The van der Waals surface area contributed by atoms with Gasteiger partial charge in [-0.2, -0.15) is 0 Å². The number of benzene rings is 1. The lowest BCUT2D eigenvalue weighted by Gasteiger charge is -2.28. The highest BCUT2D eigenvalue weighted by molar-refractivity contribution is 5.99. The van der Waals surface area contributed by atoms with Gasteiger partial charge in [-0.3, -0.25) is 9.59 Å². The smallest absolute Gasteiger partial charge is 0.261 e. The largest absolute Gasteiger partial charge is 0.483 e.